The lowest BCUT2D eigenvalue weighted by atomic mass is 10.2. The summed E-state index contributed by atoms with van der Waals surface area (Å²) < 4.78 is 10.2. The smallest absolute Gasteiger partial charge is 0.273 e. The van der Waals surface area contributed by atoms with Crippen LogP contribution in [0.3, 0.4) is 0 Å². The lowest BCUT2D eigenvalue weighted by Crippen LogP contribution is -2.28. The summed E-state index contributed by atoms with van der Waals surface area (Å²) in [6.07, 6.45) is 0.397. The van der Waals surface area contributed by atoms with Crippen molar-refractivity contribution in [1.82, 2.24) is 20.5 Å². The van der Waals surface area contributed by atoms with Crippen molar-refractivity contribution in [2.24, 2.45) is 0 Å². The van der Waals surface area contributed by atoms with Crippen LogP contribution in [0, 0.1) is 0 Å². The molecule has 2 N–H and O–H groups in total. The largest absolute Gasteiger partial charge is 0.494 e. The van der Waals surface area contributed by atoms with Crippen molar-refractivity contribution in [3.63, 3.8) is 0 Å². The average Bonchev–Trinajstić information content (AvgIpc) is 2.62. The molecule has 25 heavy (non-hydrogen) atoms. The van der Waals surface area contributed by atoms with Gasteiger partial charge in [-0.2, -0.15) is 0 Å². The highest BCUT2D eigenvalue weighted by Crippen LogP contribution is 2.18. The summed E-state index contributed by atoms with van der Waals surface area (Å²) in [4.78, 5) is 26.5. The highest BCUT2D eigenvalue weighted by molar-refractivity contribution is 5.76. The van der Waals surface area contributed by atoms with E-state index in [0.717, 1.165) is 11.3 Å². The molecule has 1 aromatic carbocycles. The fraction of sp³-hybridized carbons (Fsp3) is 0.412. The van der Waals surface area contributed by atoms with Gasteiger partial charge in [-0.05, 0) is 31.2 Å². The highest BCUT2D eigenvalue weighted by atomic mass is 16.5. The minimum absolute atomic E-state index is 0.158. The number of amides is 1. The fourth-order valence-corrected chi connectivity index (χ4v) is 2.14. The number of carbonyl (C=O) groups excluding carboxylic acids is 1. The van der Waals surface area contributed by atoms with Gasteiger partial charge < -0.3 is 19.8 Å². The molecule has 0 aliphatic heterocycles. The van der Waals surface area contributed by atoms with E-state index in [9.17, 15) is 9.59 Å². The Labute approximate surface area is 145 Å². The zero-order valence-corrected chi connectivity index (χ0v) is 14.4. The molecule has 0 fully saturated rings. The second-order valence-corrected chi connectivity index (χ2v) is 5.25. The average molecular weight is 346 g/mol. The number of ether oxygens (including phenoxy) is 2. The highest BCUT2D eigenvalue weighted by Gasteiger charge is 2.09. The van der Waals surface area contributed by atoms with Gasteiger partial charge in [0.15, 0.2) is 5.82 Å². The summed E-state index contributed by atoms with van der Waals surface area (Å²) in [6.45, 7) is 3.38. The van der Waals surface area contributed by atoms with Crippen LogP contribution in [0.5, 0.6) is 5.75 Å². The first-order valence-electron chi connectivity index (χ1n) is 8.08. The number of carbonyl (C=O) groups is 1. The standard InChI is InChI=1S/C17H22N4O4/c1-3-25-13-6-4-12(5-7-13)16-19-17(23)14(20-21-16)8-9-15(22)18-10-11-24-2/h4-7H,3,8-11H2,1-2H3,(H,18,22)(H,19,21,23). The Balaban J connectivity index is 1.98. The second kappa shape index (κ2) is 9.53. The number of hydrogen-bond donors (Lipinski definition) is 2. The van der Waals surface area contributed by atoms with E-state index in [1.165, 1.54) is 0 Å². The normalized spacial score (nSPS) is 10.5. The Kier molecular flexibility index (Phi) is 7.09. The molecule has 8 heteroatoms. The Hall–Kier alpha value is -2.74. The zero-order chi connectivity index (χ0) is 18.1. The third-order valence-electron chi connectivity index (χ3n) is 3.42. The maximum Gasteiger partial charge on any atom is 0.273 e. The number of hydrogen-bond acceptors (Lipinski definition) is 6. The van der Waals surface area contributed by atoms with Crippen molar-refractivity contribution < 1.29 is 14.3 Å². The third kappa shape index (κ3) is 5.68. The number of nitrogens with zero attached hydrogens (tertiary/aromatic N) is 2. The summed E-state index contributed by atoms with van der Waals surface area (Å²) in [5, 5.41) is 10.7. The zero-order valence-electron chi connectivity index (χ0n) is 14.4. The topological polar surface area (TPSA) is 106 Å². The van der Waals surface area contributed by atoms with Crippen molar-refractivity contribution in [3.8, 4) is 17.1 Å². The Morgan fingerprint density at radius 1 is 1.24 bits per heavy atom. The number of H-pyrrole nitrogens is 1. The number of methoxy groups -OCH3 is 1. The van der Waals surface area contributed by atoms with Crippen molar-refractivity contribution in [2.45, 2.75) is 19.8 Å². The van der Waals surface area contributed by atoms with Crippen LogP contribution in [0.25, 0.3) is 11.4 Å². The minimum Gasteiger partial charge on any atom is -0.494 e. The van der Waals surface area contributed by atoms with E-state index in [1.807, 2.05) is 6.92 Å². The summed E-state index contributed by atoms with van der Waals surface area (Å²) in [5.74, 6) is 0.966. The molecular weight excluding hydrogens is 324 g/mol. The third-order valence-corrected chi connectivity index (χ3v) is 3.42. The first-order chi connectivity index (χ1) is 12.1. The number of aryl methyl sites for hydroxylation is 1. The van der Waals surface area contributed by atoms with Gasteiger partial charge in [0.2, 0.25) is 5.91 Å². The van der Waals surface area contributed by atoms with Gasteiger partial charge in [0.05, 0.1) is 13.2 Å². The van der Waals surface area contributed by atoms with E-state index in [-0.39, 0.29) is 30.0 Å². The van der Waals surface area contributed by atoms with E-state index in [4.69, 9.17) is 9.47 Å². The molecule has 1 aromatic heterocycles. The van der Waals surface area contributed by atoms with E-state index in [0.29, 0.717) is 25.6 Å². The SMILES string of the molecule is CCOc1ccc(-c2nnc(CCC(=O)NCCOC)c(=O)[nH]2)cc1. The van der Waals surface area contributed by atoms with Crippen LogP contribution in [-0.4, -0.2) is 48.0 Å². The number of nitrogens with one attached hydrogen (secondary N) is 2. The quantitative estimate of drug-likeness (QED) is 0.654. The summed E-state index contributed by atoms with van der Waals surface area (Å²) in [6, 6.07) is 7.20. The molecule has 0 saturated carbocycles. The van der Waals surface area contributed by atoms with Gasteiger partial charge in [0.1, 0.15) is 11.4 Å². The van der Waals surface area contributed by atoms with Crippen LogP contribution in [-0.2, 0) is 16.0 Å². The van der Waals surface area contributed by atoms with E-state index >= 15 is 0 Å². The predicted molar refractivity (Wildman–Crippen MR) is 92.5 cm³/mol. The molecule has 0 atom stereocenters. The first-order valence-corrected chi connectivity index (χ1v) is 8.08. The van der Waals surface area contributed by atoms with Crippen LogP contribution in [0.15, 0.2) is 29.1 Å². The maximum absolute atomic E-state index is 12.1. The molecule has 134 valence electrons. The molecule has 1 amide bonds. The lowest BCUT2D eigenvalue weighted by molar-refractivity contribution is -0.121. The van der Waals surface area contributed by atoms with E-state index < -0.39 is 0 Å². The molecule has 0 aliphatic rings. The van der Waals surface area contributed by atoms with Crippen molar-refractivity contribution in [2.75, 3.05) is 26.9 Å². The van der Waals surface area contributed by atoms with E-state index in [2.05, 4.69) is 20.5 Å². The van der Waals surface area contributed by atoms with Crippen LogP contribution in [0.1, 0.15) is 19.0 Å². The molecule has 0 aliphatic carbocycles. The fourth-order valence-electron chi connectivity index (χ4n) is 2.14. The monoisotopic (exact) mass is 346 g/mol. The van der Waals surface area contributed by atoms with Gasteiger partial charge in [0.25, 0.3) is 5.56 Å². The lowest BCUT2D eigenvalue weighted by Gasteiger charge is -2.05. The van der Waals surface area contributed by atoms with Crippen molar-refractivity contribution >= 4 is 5.91 Å². The summed E-state index contributed by atoms with van der Waals surface area (Å²) in [5.41, 5.74) is 0.622. The maximum atomic E-state index is 12.1. The molecule has 2 aromatic rings. The molecule has 1 heterocycles. The molecule has 0 radical (unpaired) electrons. The second-order valence-electron chi connectivity index (χ2n) is 5.25. The van der Waals surface area contributed by atoms with Crippen LogP contribution in [0.2, 0.25) is 0 Å². The van der Waals surface area contributed by atoms with Gasteiger partial charge in [0, 0.05) is 32.1 Å². The molecule has 0 bridgehead atoms. The molecule has 2 rings (SSSR count). The van der Waals surface area contributed by atoms with Crippen molar-refractivity contribution in [3.05, 3.63) is 40.3 Å². The first kappa shape index (κ1) is 18.6. The summed E-state index contributed by atoms with van der Waals surface area (Å²) >= 11 is 0. The minimum atomic E-state index is -0.344. The molecule has 0 spiro atoms. The number of rotatable bonds is 9. The van der Waals surface area contributed by atoms with Crippen LogP contribution < -0.4 is 15.6 Å². The Morgan fingerprint density at radius 3 is 2.64 bits per heavy atom. The number of aromatic nitrogens is 3. The molecule has 8 nitrogen and oxygen atoms in total. The molecule has 0 saturated heterocycles. The molecular formula is C17H22N4O4. The van der Waals surface area contributed by atoms with Gasteiger partial charge in [-0.3, -0.25) is 9.59 Å². The summed E-state index contributed by atoms with van der Waals surface area (Å²) in [7, 11) is 1.56. The van der Waals surface area contributed by atoms with Crippen LogP contribution >= 0.6 is 0 Å². The van der Waals surface area contributed by atoms with Gasteiger partial charge in [-0.15, -0.1) is 10.2 Å². The van der Waals surface area contributed by atoms with Crippen LogP contribution in [0.4, 0.5) is 0 Å². The number of benzene rings is 1. The Bertz CT molecular complexity index is 743. The van der Waals surface area contributed by atoms with Gasteiger partial charge in [-0.1, -0.05) is 0 Å². The predicted octanol–water partition coefficient (Wildman–Crippen LogP) is 0.926. The van der Waals surface area contributed by atoms with Gasteiger partial charge in [-0.25, -0.2) is 0 Å². The van der Waals surface area contributed by atoms with E-state index in [1.54, 1.807) is 31.4 Å². The van der Waals surface area contributed by atoms with Crippen molar-refractivity contribution in [1.29, 1.82) is 0 Å². The Morgan fingerprint density at radius 2 is 2.00 bits per heavy atom. The molecule has 0 unspecified atom stereocenters. The number of aromatic amines is 1. The van der Waals surface area contributed by atoms with Gasteiger partial charge >= 0.3 is 0 Å².